The van der Waals surface area contributed by atoms with Gasteiger partial charge in [0.25, 0.3) is 0 Å². The molecule has 54 valence electrons. The Kier molecular flexibility index (Phi) is 2.06. The van der Waals surface area contributed by atoms with Crippen molar-refractivity contribution in [2.75, 3.05) is 0 Å². The van der Waals surface area contributed by atoms with E-state index >= 15 is 0 Å². The van der Waals surface area contributed by atoms with Crippen molar-refractivity contribution in [2.24, 2.45) is 0 Å². The first kappa shape index (κ1) is 7.69. The lowest BCUT2D eigenvalue weighted by Gasteiger charge is -1.97. The molecule has 0 heterocycles. The smallest absolute Gasteiger partial charge is 0.140 e. The first-order valence-corrected chi connectivity index (χ1v) is 3.31. The zero-order valence-corrected chi connectivity index (χ0v) is 6.46. The maximum Gasteiger partial charge on any atom is 0.140 e. The summed E-state index contributed by atoms with van der Waals surface area (Å²) in [5, 5.41) is 8.92. The molecule has 4 heteroatoms. The maximum atomic E-state index is 12.5. The fourth-order valence-corrected chi connectivity index (χ4v) is 0.959. The third-order valence-corrected chi connectivity index (χ3v) is 1.66. The van der Waals surface area contributed by atoms with Crippen LogP contribution in [0.5, 0.6) is 5.75 Å². The summed E-state index contributed by atoms with van der Waals surface area (Å²) in [7, 11) is 0. The van der Waals surface area contributed by atoms with E-state index in [4.69, 9.17) is 16.7 Å². The van der Waals surface area contributed by atoms with E-state index in [1.165, 1.54) is 6.07 Å². The van der Waals surface area contributed by atoms with Crippen molar-refractivity contribution in [1.82, 2.24) is 0 Å². The molecule has 0 aliphatic carbocycles. The number of halogens is 2. The number of phenolic OH excluding ortho intramolecular Hbond substituents is 1. The van der Waals surface area contributed by atoms with Crippen LogP contribution >= 0.6 is 24.2 Å². The summed E-state index contributed by atoms with van der Waals surface area (Å²) in [5.74, 6) is -0.845. The maximum absolute atomic E-state index is 12.5. The van der Waals surface area contributed by atoms with Crippen LogP contribution in [-0.2, 0) is 0 Å². The average Bonchev–Trinajstić information content (AvgIpc) is 1.84. The molecule has 0 aliphatic rings. The average molecular weight is 179 g/mol. The van der Waals surface area contributed by atoms with Gasteiger partial charge in [-0.05, 0) is 6.07 Å². The number of hydrogen-bond donors (Lipinski definition) is 2. The van der Waals surface area contributed by atoms with Crippen LogP contribution in [-0.4, -0.2) is 5.11 Å². The molecule has 0 saturated heterocycles. The van der Waals surface area contributed by atoms with Gasteiger partial charge in [-0.1, -0.05) is 11.6 Å². The Bertz CT molecular complexity index is 214. The number of hydrogen-bond acceptors (Lipinski definition) is 2. The molecule has 1 rings (SSSR count). The number of benzene rings is 1. The minimum Gasteiger partial charge on any atom is -0.506 e. The summed E-state index contributed by atoms with van der Waals surface area (Å²) >= 11 is 9.16. The van der Waals surface area contributed by atoms with Crippen LogP contribution in [0, 0.1) is 5.82 Å². The summed E-state index contributed by atoms with van der Waals surface area (Å²) in [6, 6.07) is 2.17. The van der Waals surface area contributed by atoms with E-state index in [-0.39, 0.29) is 15.7 Å². The molecule has 1 aromatic rings. The minimum atomic E-state index is -0.578. The predicted octanol–water partition coefficient (Wildman–Crippen LogP) is 2.47. The Morgan fingerprint density at radius 3 is 2.60 bits per heavy atom. The van der Waals surface area contributed by atoms with Gasteiger partial charge in [-0.15, -0.1) is 12.6 Å². The topological polar surface area (TPSA) is 20.2 Å². The third-order valence-electron chi connectivity index (χ3n) is 1.02. The molecule has 1 aromatic carbocycles. The van der Waals surface area contributed by atoms with Gasteiger partial charge in [0.1, 0.15) is 11.6 Å². The van der Waals surface area contributed by atoms with Gasteiger partial charge >= 0.3 is 0 Å². The molecule has 0 atom stereocenters. The molecule has 0 aliphatic heterocycles. The van der Waals surface area contributed by atoms with Gasteiger partial charge in [0.05, 0.1) is 5.02 Å². The normalized spacial score (nSPS) is 9.90. The first-order chi connectivity index (χ1) is 4.61. The number of thiol groups is 1. The molecule has 0 saturated carbocycles. The second-order valence-electron chi connectivity index (χ2n) is 1.76. The van der Waals surface area contributed by atoms with Crippen LogP contribution in [0.15, 0.2) is 17.0 Å². The number of rotatable bonds is 0. The second kappa shape index (κ2) is 2.68. The zero-order valence-electron chi connectivity index (χ0n) is 4.81. The molecule has 1 nitrogen and oxygen atoms in total. The fourth-order valence-electron chi connectivity index (χ4n) is 0.526. The van der Waals surface area contributed by atoms with Gasteiger partial charge in [-0.2, -0.15) is 0 Å². The van der Waals surface area contributed by atoms with Crippen LogP contribution in [0.3, 0.4) is 0 Å². The lowest BCUT2D eigenvalue weighted by atomic mass is 10.3. The van der Waals surface area contributed by atoms with Crippen molar-refractivity contribution < 1.29 is 9.50 Å². The molecule has 1 N–H and O–H groups in total. The van der Waals surface area contributed by atoms with E-state index in [9.17, 15) is 4.39 Å². The Morgan fingerprint density at radius 1 is 1.50 bits per heavy atom. The van der Waals surface area contributed by atoms with Crippen molar-refractivity contribution in [1.29, 1.82) is 0 Å². The Labute approximate surface area is 67.8 Å². The van der Waals surface area contributed by atoms with E-state index in [1.54, 1.807) is 0 Å². The minimum absolute atomic E-state index is 0.103. The highest BCUT2D eigenvalue weighted by atomic mass is 35.5. The van der Waals surface area contributed by atoms with E-state index in [1.807, 2.05) is 0 Å². The summed E-state index contributed by atoms with van der Waals surface area (Å²) < 4.78 is 12.5. The van der Waals surface area contributed by atoms with Crippen LogP contribution in [0.1, 0.15) is 0 Å². The summed E-state index contributed by atoms with van der Waals surface area (Å²) in [6.07, 6.45) is 0. The highest BCUT2D eigenvalue weighted by Crippen LogP contribution is 2.27. The lowest BCUT2D eigenvalue weighted by Crippen LogP contribution is -1.77. The largest absolute Gasteiger partial charge is 0.506 e. The Balaban J connectivity index is 3.28. The molecule has 0 amide bonds. The number of phenols is 1. The standard InChI is InChI=1S/C6H4ClFOS/c7-3-1-6(10)4(8)2-5(3)9/h1-2,9-10H. The summed E-state index contributed by atoms with van der Waals surface area (Å²) in [6.45, 7) is 0. The van der Waals surface area contributed by atoms with E-state index in [0.29, 0.717) is 0 Å². The van der Waals surface area contributed by atoms with Gasteiger partial charge < -0.3 is 5.11 Å². The first-order valence-electron chi connectivity index (χ1n) is 2.48. The van der Waals surface area contributed by atoms with Crippen molar-refractivity contribution in [3.8, 4) is 5.75 Å². The Hall–Kier alpha value is -0.410. The van der Waals surface area contributed by atoms with Gasteiger partial charge in [0, 0.05) is 11.0 Å². The summed E-state index contributed by atoms with van der Waals surface area (Å²) in [4.78, 5) is 0.128. The third kappa shape index (κ3) is 1.36. The van der Waals surface area contributed by atoms with Crippen molar-refractivity contribution in [3.63, 3.8) is 0 Å². The SMILES string of the molecule is Oc1cc(F)c(S)cc1Cl. The molecule has 10 heavy (non-hydrogen) atoms. The van der Waals surface area contributed by atoms with Crippen LogP contribution in [0.4, 0.5) is 4.39 Å². The summed E-state index contributed by atoms with van der Waals surface area (Å²) in [5.41, 5.74) is 0. The zero-order chi connectivity index (χ0) is 7.72. The van der Waals surface area contributed by atoms with Crippen LogP contribution in [0.2, 0.25) is 5.02 Å². The molecular weight excluding hydrogens is 175 g/mol. The Morgan fingerprint density at radius 2 is 2.10 bits per heavy atom. The van der Waals surface area contributed by atoms with Gasteiger partial charge in [0.15, 0.2) is 0 Å². The molecule has 0 bridgehead atoms. The van der Waals surface area contributed by atoms with Crippen molar-refractivity contribution in [2.45, 2.75) is 4.90 Å². The van der Waals surface area contributed by atoms with E-state index < -0.39 is 5.82 Å². The molecule has 0 aromatic heterocycles. The van der Waals surface area contributed by atoms with Crippen LogP contribution < -0.4 is 0 Å². The quantitative estimate of drug-likeness (QED) is 0.585. The number of aromatic hydroxyl groups is 1. The fraction of sp³-hybridized carbons (Fsp3) is 0. The van der Waals surface area contributed by atoms with Crippen molar-refractivity contribution in [3.05, 3.63) is 23.0 Å². The highest BCUT2D eigenvalue weighted by Gasteiger charge is 2.03. The molecule has 0 fully saturated rings. The van der Waals surface area contributed by atoms with Crippen LogP contribution in [0.25, 0.3) is 0 Å². The molecule has 0 spiro atoms. The molecule has 0 radical (unpaired) electrons. The lowest BCUT2D eigenvalue weighted by molar-refractivity contribution is 0.467. The van der Waals surface area contributed by atoms with E-state index in [2.05, 4.69) is 12.6 Å². The van der Waals surface area contributed by atoms with Gasteiger partial charge in [0.2, 0.25) is 0 Å². The van der Waals surface area contributed by atoms with Gasteiger partial charge in [-0.25, -0.2) is 4.39 Å². The van der Waals surface area contributed by atoms with Crippen molar-refractivity contribution >= 4 is 24.2 Å². The second-order valence-corrected chi connectivity index (χ2v) is 2.64. The van der Waals surface area contributed by atoms with E-state index in [0.717, 1.165) is 6.07 Å². The highest BCUT2D eigenvalue weighted by molar-refractivity contribution is 7.80. The molecular formula is C6H4ClFOS. The molecule has 0 unspecified atom stereocenters. The van der Waals surface area contributed by atoms with Gasteiger partial charge in [-0.3, -0.25) is 0 Å². The monoisotopic (exact) mass is 178 g/mol. The predicted molar refractivity (Wildman–Crippen MR) is 40.3 cm³/mol.